The van der Waals surface area contributed by atoms with Crippen LogP contribution in [0, 0.1) is 23.2 Å². The van der Waals surface area contributed by atoms with Crippen LogP contribution in [0.3, 0.4) is 0 Å². The fraction of sp³-hybridized carbons (Fsp3) is 0.679. The molecular weight excluding hydrogens is 518 g/mol. The molecule has 0 aromatic carbocycles. The molecule has 0 radical (unpaired) electrons. The molecule has 3 heterocycles. The minimum absolute atomic E-state index is 0.0228. The number of carbonyl (C=O) groups excluding carboxylic acids is 3. The van der Waals surface area contributed by atoms with Crippen molar-refractivity contribution >= 4 is 33.4 Å². The molecule has 2 saturated heterocycles. The molecular formula is C28H39N5O5S. The lowest BCUT2D eigenvalue weighted by atomic mass is 9.95. The molecule has 11 heteroatoms. The smallest absolute Gasteiger partial charge is 0.239 e. The fourth-order valence-corrected chi connectivity index (χ4v) is 7.53. The summed E-state index contributed by atoms with van der Waals surface area (Å²) in [6.45, 7) is 3.61. The van der Waals surface area contributed by atoms with Gasteiger partial charge in [0.1, 0.15) is 11.9 Å². The Balaban J connectivity index is 1.49. The predicted molar refractivity (Wildman–Crippen MR) is 146 cm³/mol. The lowest BCUT2D eigenvalue weighted by Crippen LogP contribution is -2.44. The molecule has 0 unspecified atom stereocenters. The number of anilines is 1. The average Bonchev–Trinajstić information content (AvgIpc) is 3.59. The van der Waals surface area contributed by atoms with Crippen LogP contribution < -0.4 is 4.90 Å². The maximum absolute atomic E-state index is 13.1. The maximum atomic E-state index is 13.1. The first-order valence-electron chi connectivity index (χ1n) is 14.1. The van der Waals surface area contributed by atoms with Crippen LogP contribution in [0.4, 0.5) is 5.82 Å². The van der Waals surface area contributed by atoms with Gasteiger partial charge in [0, 0.05) is 51.0 Å². The molecule has 2 aliphatic heterocycles. The van der Waals surface area contributed by atoms with Gasteiger partial charge in [0.25, 0.3) is 0 Å². The summed E-state index contributed by atoms with van der Waals surface area (Å²) >= 11 is 0. The first-order chi connectivity index (χ1) is 18.6. The summed E-state index contributed by atoms with van der Waals surface area (Å²) < 4.78 is 26.7. The predicted octanol–water partition coefficient (Wildman–Crippen LogP) is 3.25. The Kier molecular flexibility index (Phi) is 9.26. The third-order valence-electron chi connectivity index (χ3n) is 8.28. The number of pyridine rings is 1. The highest BCUT2D eigenvalue weighted by molar-refractivity contribution is 7.89. The molecule has 2 amide bonds. The zero-order chi connectivity index (χ0) is 28.2. The normalized spacial score (nSPS) is 18.9. The summed E-state index contributed by atoms with van der Waals surface area (Å²) in [5, 5.41) is 9.90. The molecule has 3 fully saturated rings. The molecule has 39 heavy (non-hydrogen) atoms. The minimum Gasteiger partial charge on any atom is -0.355 e. The van der Waals surface area contributed by atoms with Gasteiger partial charge in [-0.1, -0.05) is 19.8 Å². The molecule has 1 saturated carbocycles. The molecule has 0 spiro atoms. The first kappa shape index (κ1) is 29.0. The van der Waals surface area contributed by atoms with Gasteiger partial charge in [0.15, 0.2) is 5.78 Å². The van der Waals surface area contributed by atoms with Gasteiger partial charge in [-0.25, -0.2) is 17.7 Å². The van der Waals surface area contributed by atoms with E-state index in [4.69, 9.17) is 4.98 Å². The van der Waals surface area contributed by atoms with E-state index < -0.39 is 15.9 Å². The Morgan fingerprint density at radius 1 is 1.13 bits per heavy atom. The van der Waals surface area contributed by atoms with Crippen LogP contribution in [-0.2, 0) is 26.2 Å². The van der Waals surface area contributed by atoms with Crippen molar-refractivity contribution in [1.82, 2.24) is 14.2 Å². The number of nitrogens with zero attached hydrogens (tertiary/aromatic N) is 5. The number of likely N-dealkylation sites (tertiary alicyclic amines) is 1. The van der Waals surface area contributed by atoms with E-state index in [9.17, 15) is 28.1 Å². The van der Waals surface area contributed by atoms with Crippen LogP contribution in [0.5, 0.6) is 0 Å². The SMILES string of the molecule is CCCC(=O)c1cc(C#N)c(N2CCC(C(=O)N(C)S(=O)(=O)CC3CCCC3)CC2)nc1CN1CCCC1=O. The quantitative estimate of drug-likeness (QED) is 0.401. The van der Waals surface area contributed by atoms with Crippen molar-refractivity contribution in [3.63, 3.8) is 0 Å². The number of nitriles is 1. The van der Waals surface area contributed by atoms with E-state index in [1.165, 1.54) is 7.05 Å². The van der Waals surface area contributed by atoms with Gasteiger partial charge in [0.2, 0.25) is 21.8 Å². The fourth-order valence-electron chi connectivity index (χ4n) is 5.96. The number of rotatable bonds is 10. The van der Waals surface area contributed by atoms with E-state index in [2.05, 4.69) is 6.07 Å². The Morgan fingerprint density at radius 2 is 1.82 bits per heavy atom. The number of ketones is 1. The van der Waals surface area contributed by atoms with E-state index in [1.54, 1.807) is 11.0 Å². The Morgan fingerprint density at radius 3 is 2.41 bits per heavy atom. The Bertz CT molecular complexity index is 1240. The van der Waals surface area contributed by atoms with E-state index in [0.717, 1.165) is 36.4 Å². The van der Waals surface area contributed by atoms with Gasteiger partial charge in [-0.2, -0.15) is 5.26 Å². The van der Waals surface area contributed by atoms with Crippen molar-refractivity contribution in [3.8, 4) is 6.07 Å². The van der Waals surface area contributed by atoms with Gasteiger partial charge >= 0.3 is 0 Å². The van der Waals surface area contributed by atoms with Crippen LogP contribution in [-0.4, -0.2) is 72.6 Å². The second-order valence-corrected chi connectivity index (χ2v) is 13.1. The number of hydrogen-bond acceptors (Lipinski definition) is 8. The Labute approximate surface area is 231 Å². The van der Waals surface area contributed by atoms with Gasteiger partial charge in [-0.15, -0.1) is 0 Å². The molecule has 1 aromatic heterocycles. The molecule has 4 rings (SSSR count). The highest BCUT2D eigenvalue weighted by atomic mass is 32.2. The van der Waals surface area contributed by atoms with Crippen LogP contribution in [0.1, 0.15) is 92.7 Å². The number of hydrogen-bond donors (Lipinski definition) is 0. The zero-order valence-corrected chi connectivity index (χ0v) is 23.8. The van der Waals surface area contributed by atoms with Crippen molar-refractivity contribution in [1.29, 1.82) is 5.26 Å². The third kappa shape index (κ3) is 6.60. The summed E-state index contributed by atoms with van der Waals surface area (Å²) in [6, 6.07) is 3.77. The minimum atomic E-state index is -3.66. The lowest BCUT2D eigenvalue weighted by molar-refractivity contribution is -0.130. The van der Waals surface area contributed by atoms with Gasteiger partial charge in [0.05, 0.1) is 23.6 Å². The van der Waals surface area contributed by atoms with Crippen LogP contribution in [0.2, 0.25) is 0 Å². The standard InChI is InChI=1S/C28H39N5O5S/c1-3-7-25(34)23-16-22(17-29)27(30-24(23)18-33-13-6-10-26(33)35)32-14-11-21(12-15-32)28(36)31(2)39(37,38)19-20-8-4-5-9-20/h16,20-21H,3-15,18-19H2,1-2H3. The summed E-state index contributed by atoms with van der Waals surface area (Å²) in [7, 11) is -2.29. The van der Waals surface area contributed by atoms with Crippen molar-refractivity contribution in [2.24, 2.45) is 11.8 Å². The summed E-state index contributed by atoms with van der Waals surface area (Å²) in [6.07, 6.45) is 6.98. The lowest BCUT2D eigenvalue weighted by Gasteiger charge is -2.34. The zero-order valence-electron chi connectivity index (χ0n) is 23.0. The van der Waals surface area contributed by atoms with E-state index >= 15 is 0 Å². The maximum Gasteiger partial charge on any atom is 0.239 e. The highest BCUT2D eigenvalue weighted by Gasteiger charge is 2.35. The van der Waals surface area contributed by atoms with Crippen molar-refractivity contribution in [2.45, 2.75) is 77.7 Å². The molecule has 0 N–H and O–H groups in total. The van der Waals surface area contributed by atoms with Crippen LogP contribution in [0.25, 0.3) is 0 Å². The van der Waals surface area contributed by atoms with Crippen LogP contribution >= 0.6 is 0 Å². The highest BCUT2D eigenvalue weighted by Crippen LogP contribution is 2.31. The molecule has 1 aliphatic carbocycles. The number of piperidine rings is 1. The topological polar surface area (TPSA) is 132 Å². The Hall–Kier alpha value is -3.00. The largest absolute Gasteiger partial charge is 0.355 e. The summed E-state index contributed by atoms with van der Waals surface area (Å²) in [5.74, 6) is -0.282. The van der Waals surface area contributed by atoms with Crippen LogP contribution in [0.15, 0.2) is 6.07 Å². The number of Topliss-reactive ketones (excluding diaryl/α,β-unsaturated/α-hetero) is 1. The second-order valence-electron chi connectivity index (χ2n) is 11.1. The summed E-state index contributed by atoms with van der Waals surface area (Å²) in [5.41, 5.74) is 1.16. The number of amides is 2. The molecule has 1 aromatic rings. The van der Waals surface area contributed by atoms with Crippen molar-refractivity contribution in [3.05, 3.63) is 22.9 Å². The molecule has 3 aliphatic rings. The summed E-state index contributed by atoms with van der Waals surface area (Å²) in [4.78, 5) is 46.7. The third-order valence-corrected chi connectivity index (χ3v) is 10.2. The average molecular weight is 558 g/mol. The monoisotopic (exact) mass is 557 g/mol. The molecule has 212 valence electrons. The van der Waals surface area contributed by atoms with Crippen molar-refractivity contribution in [2.75, 3.05) is 37.3 Å². The number of carbonyl (C=O) groups is 3. The van der Waals surface area contributed by atoms with Crippen molar-refractivity contribution < 1.29 is 22.8 Å². The van der Waals surface area contributed by atoms with E-state index in [0.29, 0.717) is 68.8 Å². The first-order valence-corrected chi connectivity index (χ1v) is 15.8. The van der Waals surface area contributed by atoms with E-state index in [-0.39, 0.29) is 41.4 Å². The number of sulfonamides is 1. The molecule has 0 bridgehead atoms. The number of aromatic nitrogens is 1. The van der Waals surface area contributed by atoms with Gasteiger partial charge < -0.3 is 9.80 Å². The van der Waals surface area contributed by atoms with E-state index in [1.807, 2.05) is 11.8 Å². The molecule has 10 nitrogen and oxygen atoms in total. The molecule has 0 atom stereocenters. The van der Waals surface area contributed by atoms with Gasteiger partial charge in [-0.05, 0) is 50.5 Å². The second kappa shape index (κ2) is 12.5. The van der Waals surface area contributed by atoms with Gasteiger partial charge in [-0.3, -0.25) is 14.4 Å².